The van der Waals surface area contributed by atoms with E-state index in [1.54, 1.807) is 4.90 Å². The molecule has 0 aliphatic carbocycles. The molecule has 1 atom stereocenters. The van der Waals surface area contributed by atoms with Crippen LogP contribution >= 0.6 is 0 Å². The first-order valence-corrected chi connectivity index (χ1v) is 7.88. The molecule has 1 rings (SSSR count). The number of nitriles is 2. The summed E-state index contributed by atoms with van der Waals surface area (Å²) in [6.45, 7) is 3.99. The highest BCUT2D eigenvalue weighted by Crippen LogP contribution is 2.21. The van der Waals surface area contributed by atoms with Crippen molar-refractivity contribution in [2.24, 2.45) is 5.92 Å². The van der Waals surface area contributed by atoms with E-state index in [4.69, 9.17) is 15.3 Å². The molecule has 8 nitrogen and oxygen atoms in total. The van der Waals surface area contributed by atoms with Crippen LogP contribution < -0.4 is 0 Å². The zero-order chi connectivity index (χ0) is 18.1. The van der Waals surface area contributed by atoms with E-state index in [1.807, 2.05) is 26.0 Å². The molecular weight excluding hydrogens is 312 g/mol. The molecule has 2 amide bonds. The van der Waals surface area contributed by atoms with Crippen LogP contribution in [0.4, 0.5) is 0 Å². The number of hydrogen-bond donors (Lipinski definition) is 0. The Bertz CT molecular complexity index is 543. The Labute approximate surface area is 141 Å². The van der Waals surface area contributed by atoms with E-state index in [2.05, 4.69) is 0 Å². The highest BCUT2D eigenvalue weighted by Gasteiger charge is 2.36. The van der Waals surface area contributed by atoms with Crippen molar-refractivity contribution in [2.75, 3.05) is 26.2 Å². The van der Waals surface area contributed by atoms with E-state index >= 15 is 0 Å². The van der Waals surface area contributed by atoms with Crippen LogP contribution in [0.25, 0.3) is 0 Å². The minimum absolute atomic E-state index is 0.0180. The molecule has 1 aliphatic heterocycles. The number of ether oxygens (including phenoxy) is 1. The molecule has 1 saturated heterocycles. The Morgan fingerprint density at radius 2 is 1.88 bits per heavy atom. The Morgan fingerprint density at radius 1 is 1.29 bits per heavy atom. The Hall–Kier alpha value is -2.61. The van der Waals surface area contributed by atoms with Gasteiger partial charge in [0.05, 0.1) is 30.9 Å². The molecule has 1 unspecified atom stereocenters. The van der Waals surface area contributed by atoms with Crippen LogP contribution in [0.2, 0.25) is 0 Å². The van der Waals surface area contributed by atoms with E-state index < -0.39 is 24.4 Å². The average Bonchev–Trinajstić information content (AvgIpc) is 2.94. The van der Waals surface area contributed by atoms with Gasteiger partial charge in [-0.15, -0.1) is 0 Å². The third kappa shape index (κ3) is 5.54. The first kappa shape index (κ1) is 19.4. The van der Waals surface area contributed by atoms with Crippen molar-refractivity contribution in [3.8, 4) is 12.1 Å². The van der Waals surface area contributed by atoms with Crippen molar-refractivity contribution >= 4 is 17.8 Å². The number of rotatable bonds is 8. The second kappa shape index (κ2) is 9.51. The van der Waals surface area contributed by atoms with Gasteiger partial charge < -0.3 is 14.5 Å². The standard InChI is InChI=1S/C16H22N4O4/c1-12(2)20-10-13(9-14(20)21)16(23)24-11-15(22)19(7-3-5-17)8-4-6-18/h12-13H,3-4,7-11H2,1-2H3. The maximum absolute atomic E-state index is 12.1. The van der Waals surface area contributed by atoms with E-state index in [-0.39, 0.29) is 44.3 Å². The van der Waals surface area contributed by atoms with Gasteiger partial charge in [0.1, 0.15) is 0 Å². The quantitative estimate of drug-likeness (QED) is 0.595. The largest absolute Gasteiger partial charge is 0.455 e. The monoisotopic (exact) mass is 334 g/mol. The van der Waals surface area contributed by atoms with Gasteiger partial charge in [-0.2, -0.15) is 10.5 Å². The number of amides is 2. The van der Waals surface area contributed by atoms with Crippen molar-refractivity contribution in [3.05, 3.63) is 0 Å². The minimum Gasteiger partial charge on any atom is -0.455 e. The maximum atomic E-state index is 12.1. The van der Waals surface area contributed by atoms with Gasteiger partial charge in [-0.25, -0.2) is 0 Å². The van der Waals surface area contributed by atoms with Crippen molar-refractivity contribution in [2.45, 2.75) is 39.2 Å². The number of hydrogen-bond acceptors (Lipinski definition) is 6. The summed E-state index contributed by atoms with van der Waals surface area (Å²) >= 11 is 0. The molecule has 0 radical (unpaired) electrons. The van der Waals surface area contributed by atoms with Crippen LogP contribution in [0.1, 0.15) is 33.1 Å². The van der Waals surface area contributed by atoms with E-state index in [0.717, 1.165) is 0 Å². The van der Waals surface area contributed by atoms with Gasteiger partial charge >= 0.3 is 5.97 Å². The number of likely N-dealkylation sites (tertiary alicyclic amines) is 1. The average molecular weight is 334 g/mol. The summed E-state index contributed by atoms with van der Waals surface area (Å²) in [5, 5.41) is 17.2. The van der Waals surface area contributed by atoms with Crippen LogP contribution in [-0.4, -0.2) is 59.9 Å². The summed E-state index contributed by atoms with van der Waals surface area (Å²) in [5.74, 6) is -1.67. The summed E-state index contributed by atoms with van der Waals surface area (Å²) in [7, 11) is 0. The lowest BCUT2D eigenvalue weighted by Crippen LogP contribution is -2.37. The van der Waals surface area contributed by atoms with Gasteiger partial charge in [0.15, 0.2) is 6.61 Å². The van der Waals surface area contributed by atoms with Gasteiger partial charge in [0, 0.05) is 32.1 Å². The topological polar surface area (TPSA) is 114 Å². The molecule has 0 saturated carbocycles. The number of carbonyl (C=O) groups is 3. The molecule has 0 spiro atoms. The molecule has 0 aromatic heterocycles. The van der Waals surface area contributed by atoms with E-state index in [0.29, 0.717) is 6.54 Å². The van der Waals surface area contributed by atoms with Crippen molar-refractivity contribution < 1.29 is 19.1 Å². The van der Waals surface area contributed by atoms with Crippen LogP contribution in [-0.2, 0) is 19.1 Å². The van der Waals surface area contributed by atoms with Crippen LogP contribution in [0.5, 0.6) is 0 Å². The molecule has 130 valence electrons. The predicted octanol–water partition coefficient (Wildman–Crippen LogP) is 0.442. The Morgan fingerprint density at radius 3 is 2.33 bits per heavy atom. The zero-order valence-corrected chi connectivity index (χ0v) is 14.0. The predicted molar refractivity (Wildman–Crippen MR) is 83.0 cm³/mol. The molecule has 0 bridgehead atoms. The second-order valence-electron chi connectivity index (χ2n) is 5.85. The van der Waals surface area contributed by atoms with Crippen molar-refractivity contribution in [1.82, 2.24) is 9.80 Å². The lowest BCUT2D eigenvalue weighted by molar-refractivity contribution is -0.155. The molecular formula is C16H22N4O4. The lowest BCUT2D eigenvalue weighted by Gasteiger charge is -2.21. The smallest absolute Gasteiger partial charge is 0.311 e. The molecule has 1 fully saturated rings. The molecule has 0 aromatic carbocycles. The van der Waals surface area contributed by atoms with Crippen molar-refractivity contribution in [3.63, 3.8) is 0 Å². The number of nitrogens with zero attached hydrogens (tertiary/aromatic N) is 4. The summed E-state index contributed by atoms with van der Waals surface area (Å²) in [6, 6.07) is 3.88. The fraction of sp³-hybridized carbons (Fsp3) is 0.688. The van der Waals surface area contributed by atoms with Crippen LogP contribution in [0.15, 0.2) is 0 Å². The van der Waals surface area contributed by atoms with Gasteiger partial charge in [-0.05, 0) is 13.8 Å². The van der Waals surface area contributed by atoms with Gasteiger partial charge in [-0.1, -0.05) is 0 Å². The number of esters is 1. The second-order valence-corrected chi connectivity index (χ2v) is 5.85. The Balaban J connectivity index is 2.50. The SMILES string of the molecule is CC(C)N1CC(C(=O)OCC(=O)N(CCC#N)CCC#N)CC1=O. The molecule has 0 aromatic rings. The highest BCUT2D eigenvalue weighted by molar-refractivity contribution is 5.88. The third-order valence-corrected chi connectivity index (χ3v) is 3.79. The van der Waals surface area contributed by atoms with E-state index in [1.165, 1.54) is 4.90 Å². The fourth-order valence-electron chi connectivity index (χ4n) is 2.46. The maximum Gasteiger partial charge on any atom is 0.311 e. The highest BCUT2D eigenvalue weighted by atomic mass is 16.5. The summed E-state index contributed by atoms with van der Waals surface area (Å²) in [4.78, 5) is 38.8. The molecule has 1 heterocycles. The molecule has 8 heteroatoms. The van der Waals surface area contributed by atoms with E-state index in [9.17, 15) is 14.4 Å². The zero-order valence-electron chi connectivity index (χ0n) is 14.0. The van der Waals surface area contributed by atoms with Crippen molar-refractivity contribution in [1.29, 1.82) is 10.5 Å². The van der Waals surface area contributed by atoms with Crippen LogP contribution in [0, 0.1) is 28.6 Å². The normalized spacial score (nSPS) is 16.6. The first-order chi connectivity index (χ1) is 11.4. The first-order valence-electron chi connectivity index (χ1n) is 7.88. The summed E-state index contributed by atoms with van der Waals surface area (Å²) < 4.78 is 5.03. The van der Waals surface area contributed by atoms with Gasteiger partial charge in [-0.3, -0.25) is 14.4 Å². The minimum atomic E-state index is -0.569. The lowest BCUT2D eigenvalue weighted by atomic mass is 10.1. The van der Waals surface area contributed by atoms with Gasteiger partial charge in [0.2, 0.25) is 5.91 Å². The number of carbonyl (C=O) groups excluding carboxylic acids is 3. The summed E-state index contributed by atoms with van der Waals surface area (Å²) in [5.41, 5.74) is 0. The Kier molecular flexibility index (Phi) is 7.70. The molecule has 0 N–H and O–H groups in total. The molecule has 24 heavy (non-hydrogen) atoms. The molecule has 1 aliphatic rings. The summed E-state index contributed by atoms with van der Waals surface area (Å²) in [6.07, 6.45) is 0.384. The van der Waals surface area contributed by atoms with Gasteiger partial charge in [0.25, 0.3) is 5.91 Å². The van der Waals surface area contributed by atoms with Crippen LogP contribution in [0.3, 0.4) is 0 Å². The fourth-order valence-corrected chi connectivity index (χ4v) is 2.46. The third-order valence-electron chi connectivity index (χ3n) is 3.79.